The van der Waals surface area contributed by atoms with Crippen LogP contribution in [0.3, 0.4) is 0 Å². The van der Waals surface area contributed by atoms with Gasteiger partial charge in [-0.3, -0.25) is 0 Å². The molecule has 0 spiro atoms. The molecule has 0 bridgehead atoms. The van der Waals surface area contributed by atoms with Gasteiger partial charge in [0.2, 0.25) is 0 Å². The molecule has 0 saturated carbocycles. The van der Waals surface area contributed by atoms with E-state index >= 15 is 0 Å². The number of nitrogens with one attached hydrogen (secondary N) is 1. The largest absolute Gasteiger partial charge is 0.418 e. The maximum absolute atomic E-state index is 13.5. The van der Waals surface area contributed by atoms with E-state index in [1.165, 1.54) is 6.07 Å². The van der Waals surface area contributed by atoms with Crippen molar-refractivity contribution in [3.63, 3.8) is 0 Å². The zero-order valence-electron chi connectivity index (χ0n) is 14.4. The highest BCUT2D eigenvalue weighted by molar-refractivity contribution is 6.36. The van der Waals surface area contributed by atoms with Crippen LogP contribution >= 0.6 is 11.6 Å². The van der Waals surface area contributed by atoms with Crippen molar-refractivity contribution < 1.29 is 13.2 Å². The lowest BCUT2D eigenvalue weighted by Gasteiger charge is -2.09. The number of H-pyrrole nitrogens is 1. The van der Waals surface area contributed by atoms with Crippen molar-refractivity contribution >= 4 is 22.5 Å². The fourth-order valence-electron chi connectivity index (χ4n) is 3.31. The molecule has 0 atom stereocenters. The van der Waals surface area contributed by atoms with Gasteiger partial charge >= 0.3 is 6.18 Å². The van der Waals surface area contributed by atoms with Gasteiger partial charge in [-0.05, 0) is 62.1 Å². The molecule has 0 aliphatic carbocycles. The molecule has 2 nitrogen and oxygen atoms in total. The number of aromatic amines is 1. The normalized spacial score (nSPS) is 12.1. The Bertz CT molecular complexity index is 929. The standard InChI is InChI=1S/C20H20ClF3N2/c1-12-5-4-6-13(11-12)18-14(7-2-3-10-25)17-16(21)9-8-15(19(17)26-18)20(22,23)24/h4-6,8-9,11,26H,2-3,7,10,25H2,1H3. The van der Waals surface area contributed by atoms with Crippen molar-refractivity contribution in [2.24, 2.45) is 5.73 Å². The molecule has 6 heteroatoms. The molecule has 3 aromatic rings. The smallest absolute Gasteiger partial charge is 0.354 e. The summed E-state index contributed by atoms with van der Waals surface area (Å²) in [5.74, 6) is 0. The number of benzene rings is 2. The summed E-state index contributed by atoms with van der Waals surface area (Å²) in [6.45, 7) is 2.50. The summed E-state index contributed by atoms with van der Waals surface area (Å²) in [4.78, 5) is 3.01. The van der Waals surface area contributed by atoms with Crippen molar-refractivity contribution in [1.29, 1.82) is 0 Å². The summed E-state index contributed by atoms with van der Waals surface area (Å²) >= 11 is 6.32. The van der Waals surface area contributed by atoms with Crippen LogP contribution in [0.5, 0.6) is 0 Å². The Labute approximate surface area is 155 Å². The van der Waals surface area contributed by atoms with Gasteiger partial charge in [0.15, 0.2) is 0 Å². The molecule has 26 heavy (non-hydrogen) atoms. The quantitative estimate of drug-likeness (QED) is 0.516. The third kappa shape index (κ3) is 3.60. The SMILES string of the molecule is Cc1cccc(-c2[nH]c3c(C(F)(F)F)ccc(Cl)c3c2CCCCN)c1. The van der Waals surface area contributed by atoms with Gasteiger partial charge in [0.1, 0.15) is 0 Å². The molecule has 0 amide bonds. The Morgan fingerprint density at radius 1 is 1.12 bits per heavy atom. The molecule has 0 fully saturated rings. The van der Waals surface area contributed by atoms with Crippen LogP contribution in [0.15, 0.2) is 36.4 Å². The second-order valence-electron chi connectivity index (χ2n) is 6.44. The number of aromatic nitrogens is 1. The summed E-state index contributed by atoms with van der Waals surface area (Å²) in [7, 11) is 0. The fourth-order valence-corrected chi connectivity index (χ4v) is 3.58. The lowest BCUT2D eigenvalue weighted by Crippen LogP contribution is -2.05. The summed E-state index contributed by atoms with van der Waals surface area (Å²) < 4.78 is 40.5. The predicted molar refractivity (Wildman–Crippen MR) is 100 cm³/mol. The van der Waals surface area contributed by atoms with Crippen LogP contribution in [-0.2, 0) is 12.6 Å². The Morgan fingerprint density at radius 3 is 2.54 bits per heavy atom. The molecule has 138 valence electrons. The minimum absolute atomic E-state index is 0.0456. The van der Waals surface area contributed by atoms with E-state index in [0.29, 0.717) is 29.1 Å². The van der Waals surface area contributed by atoms with Gasteiger partial charge in [0.05, 0.1) is 16.1 Å². The number of aryl methyl sites for hydroxylation is 2. The van der Waals surface area contributed by atoms with Gasteiger partial charge in [0, 0.05) is 11.1 Å². The first-order valence-corrected chi connectivity index (χ1v) is 8.88. The average molecular weight is 381 g/mol. The number of rotatable bonds is 5. The highest BCUT2D eigenvalue weighted by Crippen LogP contribution is 2.42. The molecule has 2 aromatic carbocycles. The fraction of sp³-hybridized carbons (Fsp3) is 0.300. The van der Waals surface area contributed by atoms with E-state index in [-0.39, 0.29) is 5.52 Å². The Kier molecular flexibility index (Phi) is 5.30. The van der Waals surface area contributed by atoms with Crippen molar-refractivity contribution in [2.75, 3.05) is 6.54 Å². The van der Waals surface area contributed by atoms with Crippen LogP contribution < -0.4 is 5.73 Å². The average Bonchev–Trinajstić information content (AvgIpc) is 2.94. The van der Waals surface area contributed by atoms with E-state index in [4.69, 9.17) is 17.3 Å². The molecule has 1 heterocycles. The molecule has 1 aromatic heterocycles. The lowest BCUT2D eigenvalue weighted by atomic mass is 9.98. The number of hydrogen-bond donors (Lipinski definition) is 2. The maximum atomic E-state index is 13.5. The first-order valence-electron chi connectivity index (χ1n) is 8.50. The number of hydrogen-bond acceptors (Lipinski definition) is 1. The molecule has 3 rings (SSSR count). The first-order chi connectivity index (χ1) is 12.3. The molecule has 0 saturated heterocycles. The van der Waals surface area contributed by atoms with Gasteiger partial charge in [-0.15, -0.1) is 0 Å². The topological polar surface area (TPSA) is 41.8 Å². The van der Waals surface area contributed by atoms with E-state index in [0.717, 1.165) is 35.6 Å². The number of fused-ring (bicyclic) bond motifs is 1. The lowest BCUT2D eigenvalue weighted by molar-refractivity contribution is -0.136. The van der Waals surface area contributed by atoms with Crippen molar-refractivity contribution in [3.8, 4) is 11.3 Å². The van der Waals surface area contributed by atoms with Crippen LogP contribution in [0.25, 0.3) is 22.2 Å². The van der Waals surface area contributed by atoms with Crippen LogP contribution in [0, 0.1) is 6.92 Å². The van der Waals surface area contributed by atoms with Gasteiger partial charge in [-0.25, -0.2) is 0 Å². The summed E-state index contributed by atoms with van der Waals surface area (Å²) in [5, 5.41) is 0.779. The van der Waals surface area contributed by atoms with E-state index in [1.54, 1.807) is 0 Å². The number of alkyl halides is 3. The van der Waals surface area contributed by atoms with Crippen molar-refractivity contribution in [1.82, 2.24) is 4.98 Å². The Hall–Kier alpha value is -1.98. The van der Waals surface area contributed by atoms with Gasteiger partial charge in [-0.2, -0.15) is 13.2 Å². The predicted octanol–water partition coefficient (Wildman–Crippen LogP) is 6.10. The molecule has 0 aliphatic heterocycles. The zero-order chi connectivity index (χ0) is 18.9. The van der Waals surface area contributed by atoms with E-state index in [1.807, 2.05) is 31.2 Å². The third-order valence-corrected chi connectivity index (χ3v) is 4.82. The minimum Gasteiger partial charge on any atom is -0.354 e. The summed E-state index contributed by atoms with van der Waals surface area (Å²) in [5.41, 5.74) is 8.33. The van der Waals surface area contributed by atoms with Crippen molar-refractivity contribution in [3.05, 3.63) is 58.1 Å². The highest BCUT2D eigenvalue weighted by Gasteiger charge is 2.34. The van der Waals surface area contributed by atoms with Crippen LogP contribution in [-0.4, -0.2) is 11.5 Å². The first kappa shape index (κ1) is 18.8. The van der Waals surface area contributed by atoms with Gasteiger partial charge < -0.3 is 10.7 Å². The van der Waals surface area contributed by atoms with Crippen LogP contribution in [0.4, 0.5) is 13.2 Å². The zero-order valence-corrected chi connectivity index (χ0v) is 15.1. The van der Waals surface area contributed by atoms with Gasteiger partial charge in [0.25, 0.3) is 0 Å². The molecule has 0 aliphatic rings. The van der Waals surface area contributed by atoms with Crippen LogP contribution in [0.1, 0.15) is 29.5 Å². The maximum Gasteiger partial charge on any atom is 0.418 e. The third-order valence-electron chi connectivity index (χ3n) is 4.50. The second-order valence-corrected chi connectivity index (χ2v) is 6.84. The Morgan fingerprint density at radius 2 is 1.88 bits per heavy atom. The van der Waals surface area contributed by atoms with E-state index in [9.17, 15) is 13.2 Å². The highest BCUT2D eigenvalue weighted by atomic mass is 35.5. The van der Waals surface area contributed by atoms with Crippen LogP contribution in [0.2, 0.25) is 5.02 Å². The second kappa shape index (κ2) is 7.33. The van der Waals surface area contributed by atoms with Crippen molar-refractivity contribution in [2.45, 2.75) is 32.4 Å². The number of halogens is 4. The number of unbranched alkanes of at least 4 members (excludes halogenated alkanes) is 1. The molecule has 3 N–H and O–H groups in total. The van der Waals surface area contributed by atoms with E-state index < -0.39 is 11.7 Å². The van der Waals surface area contributed by atoms with Gasteiger partial charge in [-0.1, -0.05) is 35.4 Å². The monoisotopic (exact) mass is 380 g/mol. The summed E-state index contributed by atoms with van der Waals surface area (Å²) in [6, 6.07) is 10.1. The molecular weight excluding hydrogens is 361 g/mol. The molecular formula is C20H20ClF3N2. The van der Waals surface area contributed by atoms with E-state index in [2.05, 4.69) is 4.98 Å². The number of nitrogens with two attached hydrogens (primary N) is 1. The Balaban J connectivity index is 2.28. The molecule has 0 radical (unpaired) electrons. The summed E-state index contributed by atoms with van der Waals surface area (Å²) in [6.07, 6.45) is -2.25. The minimum atomic E-state index is -4.45. The molecule has 0 unspecified atom stereocenters.